The molecule has 0 N–H and O–H groups in total. The van der Waals surface area contributed by atoms with Crippen molar-refractivity contribution in [3.05, 3.63) is 42.0 Å². The Morgan fingerprint density at radius 1 is 1.43 bits per heavy atom. The monoisotopic (exact) mass is 190 g/mol. The number of methoxy groups -OCH3 is 1. The van der Waals surface area contributed by atoms with Crippen molar-refractivity contribution in [2.45, 2.75) is 26.2 Å². The molecule has 0 atom stereocenters. The minimum atomic E-state index is 0.560. The molecule has 0 saturated heterocycles. The fourth-order valence-electron chi connectivity index (χ4n) is 1.47. The molecule has 1 rings (SSSR count). The molecule has 0 fully saturated rings. The van der Waals surface area contributed by atoms with E-state index in [-0.39, 0.29) is 0 Å². The lowest BCUT2D eigenvalue weighted by molar-refractivity contribution is 0.410. The molecule has 0 aliphatic heterocycles. The van der Waals surface area contributed by atoms with E-state index in [2.05, 4.69) is 32.6 Å². The van der Waals surface area contributed by atoms with E-state index < -0.39 is 0 Å². The Morgan fingerprint density at radius 3 is 2.64 bits per heavy atom. The smallest absolute Gasteiger partial charge is 0.122 e. The molecule has 0 radical (unpaired) electrons. The zero-order valence-electron chi connectivity index (χ0n) is 9.21. The maximum absolute atomic E-state index is 5.28. The van der Waals surface area contributed by atoms with Gasteiger partial charge in [0.15, 0.2) is 0 Å². The minimum Gasteiger partial charge on any atom is -0.496 e. The van der Waals surface area contributed by atoms with Crippen molar-refractivity contribution in [2.24, 2.45) is 0 Å². The van der Waals surface area contributed by atoms with Gasteiger partial charge in [0.25, 0.3) is 0 Å². The molecule has 76 valence electrons. The maximum atomic E-state index is 5.28. The van der Waals surface area contributed by atoms with Gasteiger partial charge in [-0.1, -0.05) is 32.1 Å². The molecule has 0 aliphatic rings. The van der Waals surface area contributed by atoms with E-state index in [1.54, 1.807) is 7.11 Å². The second-order valence-corrected chi connectivity index (χ2v) is 3.72. The molecule has 0 spiro atoms. The molecule has 0 bridgehead atoms. The average molecular weight is 190 g/mol. The van der Waals surface area contributed by atoms with Gasteiger partial charge < -0.3 is 4.74 Å². The SMILES string of the molecule is C=CCc1cc(C(C)C)ccc1OC. The van der Waals surface area contributed by atoms with Gasteiger partial charge in [-0.05, 0) is 29.5 Å². The van der Waals surface area contributed by atoms with E-state index in [0.29, 0.717) is 5.92 Å². The largest absolute Gasteiger partial charge is 0.496 e. The van der Waals surface area contributed by atoms with Crippen LogP contribution in [0.15, 0.2) is 30.9 Å². The zero-order valence-corrected chi connectivity index (χ0v) is 9.21. The summed E-state index contributed by atoms with van der Waals surface area (Å²) in [5, 5.41) is 0. The zero-order chi connectivity index (χ0) is 10.6. The summed E-state index contributed by atoms with van der Waals surface area (Å²) in [7, 11) is 1.71. The molecule has 0 heterocycles. The Hall–Kier alpha value is -1.24. The normalized spacial score (nSPS) is 10.3. The molecular formula is C13H18O. The highest BCUT2D eigenvalue weighted by Crippen LogP contribution is 2.24. The summed E-state index contributed by atoms with van der Waals surface area (Å²) in [4.78, 5) is 0. The van der Waals surface area contributed by atoms with Crippen LogP contribution in [0.25, 0.3) is 0 Å². The molecule has 0 saturated carbocycles. The molecule has 14 heavy (non-hydrogen) atoms. The van der Waals surface area contributed by atoms with Gasteiger partial charge in [0.2, 0.25) is 0 Å². The van der Waals surface area contributed by atoms with Gasteiger partial charge in [-0.25, -0.2) is 0 Å². The second-order valence-electron chi connectivity index (χ2n) is 3.72. The first-order valence-electron chi connectivity index (χ1n) is 4.96. The number of benzene rings is 1. The van der Waals surface area contributed by atoms with Crippen LogP contribution in [-0.2, 0) is 6.42 Å². The summed E-state index contributed by atoms with van der Waals surface area (Å²) < 4.78 is 5.28. The van der Waals surface area contributed by atoms with Crippen LogP contribution in [0.2, 0.25) is 0 Å². The van der Waals surface area contributed by atoms with Crippen LogP contribution < -0.4 is 4.74 Å². The molecule has 1 heteroatoms. The van der Waals surface area contributed by atoms with Crippen molar-refractivity contribution < 1.29 is 4.74 Å². The van der Waals surface area contributed by atoms with Crippen molar-refractivity contribution in [2.75, 3.05) is 7.11 Å². The first-order chi connectivity index (χ1) is 6.69. The fraction of sp³-hybridized carbons (Fsp3) is 0.385. The Balaban J connectivity index is 3.06. The molecule has 0 aliphatic carbocycles. The highest BCUT2D eigenvalue weighted by molar-refractivity contribution is 5.39. The highest BCUT2D eigenvalue weighted by Gasteiger charge is 2.05. The standard InChI is InChI=1S/C13H18O/c1-5-6-12-9-11(10(2)3)7-8-13(12)14-4/h5,7-10H,1,6H2,2-4H3. The quantitative estimate of drug-likeness (QED) is 0.660. The molecule has 1 nitrogen and oxygen atoms in total. The van der Waals surface area contributed by atoms with Gasteiger partial charge in [-0.3, -0.25) is 0 Å². The van der Waals surface area contributed by atoms with E-state index >= 15 is 0 Å². The van der Waals surface area contributed by atoms with Crippen molar-refractivity contribution >= 4 is 0 Å². The van der Waals surface area contributed by atoms with Gasteiger partial charge in [-0.15, -0.1) is 6.58 Å². The van der Waals surface area contributed by atoms with E-state index in [1.165, 1.54) is 11.1 Å². The van der Waals surface area contributed by atoms with Gasteiger partial charge in [-0.2, -0.15) is 0 Å². The Kier molecular flexibility index (Phi) is 3.75. The van der Waals surface area contributed by atoms with E-state index in [1.807, 2.05) is 12.1 Å². The van der Waals surface area contributed by atoms with Crippen LogP contribution in [-0.4, -0.2) is 7.11 Å². The summed E-state index contributed by atoms with van der Waals surface area (Å²) >= 11 is 0. The third kappa shape index (κ3) is 2.38. The first kappa shape index (κ1) is 10.8. The number of hydrogen-bond acceptors (Lipinski definition) is 1. The molecule has 0 amide bonds. The maximum Gasteiger partial charge on any atom is 0.122 e. The van der Waals surface area contributed by atoms with E-state index in [0.717, 1.165) is 12.2 Å². The molecule has 1 aromatic carbocycles. The van der Waals surface area contributed by atoms with Crippen molar-refractivity contribution in [3.63, 3.8) is 0 Å². The first-order valence-corrected chi connectivity index (χ1v) is 4.96. The van der Waals surface area contributed by atoms with Crippen LogP contribution in [0.1, 0.15) is 30.9 Å². The lowest BCUT2D eigenvalue weighted by atomic mass is 9.99. The Morgan fingerprint density at radius 2 is 2.14 bits per heavy atom. The summed E-state index contributed by atoms with van der Waals surface area (Å²) in [6.45, 7) is 8.14. The fourth-order valence-corrected chi connectivity index (χ4v) is 1.47. The lowest BCUT2D eigenvalue weighted by Crippen LogP contribution is -1.94. The Bertz CT molecular complexity index is 313. The summed E-state index contributed by atoms with van der Waals surface area (Å²) in [6, 6.07) is 6.36. The molecule has 1 aromatic rings. The number of allylic oxidation sites excluding steroid dienone is 1. The average Bonchev–Trinajstić information content (AvgIpc) is 2.18. The van der Waals surface area contributed by atoms with Crippen molar-refractivity contribution in [1.82, 2.24) is 0 Å². The molecule has 0 aromatic heterocycles. The van der Waals surface area contributed by atoms with Crippen LogP contribution >= 0.6 is 0 Å². The third-order valence-corrected chi connectivity index (χ3v) is 2.34. The van der Waals surface area contributed by atoms with Crippen LogP contribution in [0.5, 0.6) is 5.75 Å². The van der Waals surface area contributed by atoms with E-state index in [4.69, 9.17) is 4.74 Å². The van der Waals surface area contributed by atoms with Gasteiger partial charge in [0.05, 0.1) is 7.11 Å². The predicted octanol–water partition coefficient (Wildman–Crippen LogP) is 3.55. The Labute approximate surface area is 86.4 Å². The van der Waals surface area contributed by atoms with Gasteiger partial charge in [0.1, 0.15) is 5.75 Å². The summed E-state index contributed by atoms with van der Waals surface area (Å²) in [6.07, 6.45) is 2.77. The summed E-state index contributed by atoms with van der Waals surface area (Å²) in [5.74, 6) is 1.51. The topological polar surface area (TPSA) is 9.23 Å². The predicted molar refractivity (Wildman–Crippen MR) is 61.0 cm³/mol. The van der Waals surface area contributed by atoms with Crippen molar-refractivity contribution in [3.8, 4) is 5.75 Å². The molecular weight excluding hydrogens is 172 g/mol. The third-order valence-electron chi connectivity index (χ3n) is 2.34. The number of hydrogen-bond donors (Lipinski definition) is 0. The minimum absolute atomic E-state index is 0.560. The van der Waals surface area contributed by atoms with Crippen LogP contribution in [0.4, 0.5) is 0 Å². The van der Waals surface area contributed by atoms with Crippen LogP contribution in [0.3, 0.4) is 0 Å². The highest BCUT2D eigenvalue weighted by atomic mass is 16.5. The number of ether oxygens (including phenoxy) is 1. The second kappa shape index (κ2) is 4.85. The van der Waals surface area contributed by atoms with Gasteiger partial charge >= 0.3 is 0 Å². The van der Waals surface area contributed by atoms with Crippen molar-refractivity contribution in [1.29, 1.82) is 0 Å². The van der Waals surface area contributed by atoms with Gasteiger partial charge in [0, 0.05) is 0 Å². The number of rotatable bonds is 4. The van der Waals surface area contributed by atoms with E-state index in [9.17, 15) is 0 Å². The van der Waals surface area contributed by atoms with Crippen LogP contribution in [0, 0.1) is 0 Å². The molecule has 0 unspecified atom stereocenters. The summed E-state index contributed by atoms with van der Waals surface area (Å²) in [5.41, 5.74) is 2.57. The lowest BCUT2D eigenvalue weighted by Gasteiger charge is -2.11.